The minimum Gasteiger partial charge on any atom is -0.484 e. The lowest BCUT2D eigenvalue weighted by Crippen LogP contribution is -2.03. The number of carbonyl (C=O) groups excluding carboxylic acids is 1. The first-order chi connectivity index (χ1) is 9.67. The Morgan fingerprint density at radius 1 is 1.55 bits per heavy atom. The zero-order valence-corrected chi connectivity index (χ0v) is 12.0. The molecule has 6 nitrogen and oxygen atoms in total. The first kappa shape index (κ1) is 13.1. The van der Waals surface area contributed by atoms with E-state index in [9.17, 15) is 4.79 Å². The molecule has 0 unspecified atom stereocenters. The standard InChI is InChI=1S/C13H14N2O4S/c1-7-5-9(11(20-7)13(16)17-2)18-6-10-14-12(19-15-10)8-3-4-8/h5,8H,3-4,6H2,1-2H3. The normalized spacial score (nSPS) is 14.3. The quantitative estimate of drug-likeness (QED) is 0.789. The van der Waals surface area contributed by atoms with E-state index in [-0.39, 0.29) is 6.61 Å². The number of hydrogen-bond acceptors (Lipinski definition) is 7. The van der Waals surface area contributed by atoms with E-state index in [4.69, 9.17) is 14.0 Å². The van der Waals surface area contributed by atoms with E-state index in [0.29, 0.717) is 28.3 Å². The van der Waals surface area contributed by atoms with Crippen molar-refractivity contribution in [2.75, 3.05) is 7.11 Å². The summed E-state index contributed by atoms with van der Waals surface area (Å²) in [7, 11) is 1.35. The van der Waals surface area contributed by atoms with E-state index >= 15 is 0 Å². The number of aromatic nitrogens is 2. The summed E-state index contributed by atoms with van der Waals surface area (Å²) in [5.74, 6) is 1.69. The Morgan fingerprint density at radius 2 is 2.35 bits per heavy atom. The molecule has 0 radical (unpaired) electrons. The van der Waals surface area contributed by atoms with Gasteiger partial charge in [0.05, 0.1) is 7.11 Å². The van der Waals surface area contributed by atoms with Gasteiger partial charge >= 0.3 is 5.97 Å². The minimum absolute atomic E-state index is 0.177. The highest BCUT2D eigenvalue weighted by Crippen LogP contribution is 2.39. The molecule has 106 valence electrons. The van der Waals surface area contributed by atoms with Gasteiger partial charge in [-0.25, -0.2) is 4.79 Å². The fourth-order valence-electron chi connectivity index (χ4n) is 1.80. The molecule has 1 saturated carbocycles. The summed E-state index contributed by atoms with van der Waals surface area (Å²) < 4.78 is 15.5. The van der Waals surface area contributed by atoms with Crippen molar-refractivity contribution in [1.82, 2.24) is 10.1 Å². The molecular formula is C13H14N2O4S. The molecule has 0 N–H and O–H groups in total. The van der Waals surface area contributed by atoms with E-state index in [1.165, 1.54) is 18.4 Å². The molecular weight excluding hydrogens is 280 g/mol. The van der Waals surface area contributed by atoms with Crippen molar-refractivity contribution >= 4 is 17.3 Å². The van der Waals surface area contributed by atoms with Gasteiger partial charge in [0.2, 0.25) is 11.7 Å². The molecule has 1 aliphatic rings. The molecule has 20 heavy (non-hydrogen) atoms. The Hall–Kier alpha value is -1.89. The number of rotatable bonds is 5. The van der Waals surface area contributed by atoms with Crippen LogP contribution >= 0.6 is 11.3 Å². The number of nitrogens with zero attached hydrogens (tertiary/aromatic N) is 2. The van der Waals surface area contributed by atoms with Gasteiger partial charge in [0.1, 0.15) is 5.75 Å². The predicted octanol–water partition coefficient (Wildman–Crippen LogP) is 2.68. The molecule has 0 spiro atoms. The predicted molar refractivity (Wildman–Crippen MR) is 71.0 cm³/mol. The zero-order chi connectivity index (χ0) is 14.1. The van der Waals surface area contributed by atoms with E-state index < -0.39 is 5.97 Å². The average molecular weight is 294 g/mol. The van der Waals surface area contributed by atoms with Crippen LogP contribution in [0.2, 0.25) is 0 Å². The number of methoxy groups -OCH3 is 1. The van der Waals surface area contributed by atoms with Gasteiger partial charge in [-0.15, -0.1) is 11.3 Å². The second-order valence-electron chi connectivity index (χ2n) is 4.65. The number of ether oxygens (including phenoxy) is 2. The highest BCUT2D eigenvalue weighted by Gasteiger charge is 2.29. The van der Waals surface area contributed by atoms with E-state index in [0.717, 1.165) is 17.7 Å². The topological polar surface area (TPSA) is 74.5 Å². The summed E-state index contributed by atoms with van der Waals surface area (Å²) in [6, 6.07) is 1.80. The highest BCUT2D eigenvalue weighted by molar-refractivity contribution is 7.14. The maximum Gasteiger partial charge on any atom is 0.351 e. The second kappa shape index (κ2) is 5.24. The Bertz CT molecular complexity index is 630. The van der Waals surface area contributed by atoms with Crippen molar-refractivity contribution in [1.29, 1.82) is 0 Å². The molecule has 0 saturated heterocycles. The lowest BCUT2D eigenvalue weighted by molar-refractivity contribution is 0.0601. The third-order valence-corrected chi connectivity index (χ3v) is 3.97. The SMILES string of the molecule is COC(=O)c1sc(C)cc1OCc1noc(C2CC2)n1. The van der Waals surface area contributed by atoms with Gasteiger partial charge in [-0.2, -0.15) is 4.98 Å². The maximum atomic E-state index is 11.6. The average Bonchev–Trinajstić information content (AvgIpc) is 3.07. The van der Waals surface area contributed by atoms with Crippen LogP contribution in [-0.4, -0.2) is 23.2 Å². The molecule has 2 aromatic heterocycles. The van der Waals surface area contributed by atoms with Gasteiger partial charge in [0.25, 0.3) is 0 Å². The van der Waals surface area contributed by atoms with Gasteiger partial charge in [-0.1, -0.05) is 5.16 Å². The van der Waals surface area contributed by atoms with Crippen LogP contribution in [0.3, 0.4) is 0 Å². The van der Waals surface area contributed by atoms with Crippen LogP contribution in [0.5, 0.6) is 5.75 Å². The fourth-order valence-corrected chi connectivity index (χ4v) is 2.67. The summed E-state index contributed by atoms with van der Waals surface area (Å²) in [6.07, 6.45) is 2.22. The van der Waals surface area contributed by atoms with E-state index in [2.05, 4.69) is 10.1 Å². The smallest absolute Gasteiger partial charge is 0.351 e. The monoisotopic (exact) mass is 294 g/mol. The van der Waals surface area contributed by atoms with Crippen molar-refractivity contribution in [2.45, 2.75) is 32.3 Å². The van der Waals surface area contributed by atoms with Crippen LogP contribution in [0, 0.1) is 6.92 Å². The number of aryl methyl sites for hydroxylation is 1. The van der Waals surface area contributed by atoms with Gasteiger partial charge < -0.3 is 14.0 Å². The molecule has 2 aromatic rings. The molecule has 0 aliphatic heterocycles. The first-order valence-electron chi connectivity index (χ1n) is 6.31. The zero-order valence-electron chi connectivity index (χ0n) is 11.2. The van der Waals surface area contributed by atoms with Crippen LogP contribution in [0.25, 0.3) is 0 Å². The fraction of sp³-hybridized carbons (Fsp3) is 0.462. The van der Waals surface area contributed by atoms with Crippen LogP contribution < -0.4 is 4.74 Å². The Kier molecular flexibility index (Phi) is 3.43. The largest absolute Gasteiger partial charge is 0.484 e. The van der Waals surface area contributed by atoms with E-state index in [1.54, 1.807) is 6.07 Å². The van der Waals surface area contributed by atoms with Crippen LogP contribution in [0.1, 0.15) is 45.0 Å². The summed E-state index contributed by atoms with van der Waals surface area (Å²) in [4.78, 5) is 17.3. The summed E-state index contributed by atoms with van der Waals surface area (Å²) in [6.45, 7) is 2.08. The lowest BCUT2D eigenvalue weighted by Gasteiger charge is -2.03. The van der Waals surface area contributed by atoms with Gasteiger partial charge in [-0.3, -0.25) is 0 Å². The van der Waals surface area contributed by atoms with Crippen LogP contribution in [-0.2, 0) is 11.3 Å². The molecule has 0 bridgehead atoms. The van der Waals surface area contributed by atoms with Crippen molar-refractivity contribution in [3.63, 3.8) is 0 Å². The minimum atomic E-state index is -0.398. The van der Waals surface area contributed by atoms with Crippen LogP contribution in [0.15, 0.2) is 10.6 Å². The summed E-state index contributed by atoms with van der Waals surface area (Å²) >= 11 is 1.34. The van der Waals surface area contributed by atoms with Gasteiger partial charge in [0, 0.05) is 10.8 Å². The molecule has 3 rings (SSSR count). The number of esters is 1. The summed E-state index contributed by atoms with van der Waals surface area (Å²) in [5.41, 5.74) is 0. The molecule has 0 amide bonds. The molecule has 1 fully saturated rings. The third kappa shape index (κ3) is 2.67. The number of carbonyl (C=O) groups is 1. The highest BCUT2D eigenvalue weighted by atomic mass is 32.1. The molecule has 7 heteroatoms. The maximum absolute atomic E-state index is 11.6. The van der Waals surface area contributed by atoms with Gasteiger partial charge in [-0.05, 0) is 25.8 Å². The van der Waals surface area contributed by atoms with Crippen molar-refractivity contribution in [3.05, 3.63) is 27.5 Å². The van der Waals surface area contributed by atoms with Crippen molar-refractivity contribution in [3.8, 4) is 5.75 Å². The van der Waals surface area contributed by atoms with Gasteiger partial charge in [0.15, 0.2) is 11.5 Å². The van der Waals surface area contributed by atoms with E-state index in [1.807, 2.05) is 6.92 Å². The van der Waals surface area contributed by atoms with Crippen LogP contribution in [0.4, 0.5) is 0 Å². The summed E-state index contributed by atoms with van der Waals surface area (Å²) in [5, 5.41) is 3.87. The second-order valence-corrected chi connectivity index (χ2v) is 5.91. The Labute approximate surface area is 119 Å². The Morgan fingerprint density at radius 3 is 3.05 bits per heavy atom. The third-order valence-electron chi connectivity index (χ3n) is 2.96. The number of thiophene rings is 1. The molecule has 2 heterocycles. The molecule has 1 aliphatic carbocycles. The number of hydrogen-bond donors (Lipinski definition) is 0. The molecule has 0 atom stereocenters. The lowest BCUT2D eigenvalue weighted by atomic mass is 10.4. The van der Waals surface area contributed by atoms with Crippen molar-refractivity contribution in [2.24, 2.45) is 0 Å². The molecule has 0 aromatic carbocycles. The first-order valence-corrected chi connectivity index (χ1v) is 7.13. The van der Waals surface area contributed by atoms with Crippen molar-refractivity contribution < 1.29 is 18.8 Å². The Balaban J connectivity index is 1.69.